The third kappa shape index (κ3) is 3.29. The molecule has 0 unspecified atom stereocenters. The number of pyridine rings is 1. The van der Waals surface area contributed by atoms with Crippen LogP contribution < -0.4 is 0 Å². The van der Waals surface area contributed by atoms with Gasteiger partial charge >= 0.3 is 0 Å². The number of aromatic nitrogens is 3. The molecule has 0 radical (unpaired) electrons. The molecule has 4 heterocycles. The maximum atomic E-state index is 12.9. The third-order valence-electron chi connectivity index (χ3n) is 5.15. The van der Waals surface area contributed by atoms with Gasteiger partial charge in [0, 0.05) is 51.8 Å². The molecule has 7 nitrogen and oxygen atoms in total. The molecule has 2 aliphatic heterocycles. The fraction of sp³-hybridized carbons (Fsp3) is 0.500. The molecule has 4 rings (SSSR count). The third-order valence-corrected chi connectivity index (χ3v) is 5.15. The number of carbonyl (C=O) groups excluding carboxylic acids is 1. The number of hydrogen-bond donors (Lipinski definition) is 0. The van der Waals surface area contributed by atoms with Gasteiger partial charge in [-0.3, -0.25) is 19.4 Å². The summed E-state index contributed by atoms with van der Waals surface area (Å²) in [6, 6.07) is 5.77. The molecule has 2 aromatic rings. The summed E-state index contributed by atoms with van der Waals surface area (Å²) in [6.07, 6.45) is 6.22. The van der Waals surface area contributed by atoms with Gasteiger partial charge in [-0.05, 0) is 24.6 Å². The van der Waals surface area contributed by atoms with Gasteiger partial charge in [0.15, 0.2) is 0 Å². The summed E-state index contributed by atoms with van der Waals surface area (Å²) in [5, 5.41) is 4.24. The second-order valence-electron chi connectivity index (χ2n) is 6.69. The van der Waals surface area contributed by atoms with Crippen LogP contribution in [-0.2, 0) is 18.3 Å². The highest BCUT2D eigenvalue weighted by Crippen LogP contribution is 2.25. The van der Waals surface area contributed by atoms with Crippen molar-refractivity contribution in [2.45, 2.75) is 25.1 Å². The van der Waals surface area contributed by atoms with Crippen molar-refractivity contribution in [1.82, 2.24) is 24.6 Å². The predicted molar refractivity (Wildman–Crippen MR) is 91.9 cm³/mol. The van der Waals surface area contributed by atoms with Gasteiger partial charge in [0.05, 0.1) is 30.0 Å². The molecule has 0 aromatic carbocycles. The Hall–Kier alpha value is -2.25. The lowest BCUT2D eigenvalue weighted by Crippen LogP contribution is -2.61. The Labute approximate surface area is 147 Å². The number of morpholine rings is 1. The van der Waals surface area contributed by atoms with E-state index in [1.165, 1.54) is 5.69 Å². The molecule has 132 valence electrons. The molecule has 0 N–H and O–H groups in total. The standard InChI is InChI=1S/C18H23N5O2/c1-21-15(4-7-20-21)12-22-8-5-17-16(13-22)23(9-10-25-17)18(24)14-3-2-6-19-11-14/h2-4,6-7,11,16-17H,5,8-10,12-13H2,1H3/t16-,17-/m0/s1. The van der Waals surface area contributed by atoms with Crippen molar-refractivity contribution in [3.05, 3.63) is 48.0 Å². The zero-order valence-corrected chi connectivity index (χ0v) is 14.4. The van der Waals surface area contributed by atoms with E-state index in [4.69, 9.17) is 4.74 Å². The van der Waals surface area contributed by atoms with Crippen molar-refractivity contribution in [3.63, 3.8) is 0 Å². The largest absolute Gasteiger partial charge is 0.374 e. The zero-order chi connectivity index (χ0) is 17.2. The van der Waals surface area contributed by atoms with E-state index in [2.05, 4.69) is 15.0 Å². The van der Waals surface area contributed by atoms with E-state index < -0.39 is 0 Å². The highest BCUT2D eigenvalue weighted by Gasteiger charge is 2.39. The highest BCUT2D eigenvalue weighted by molar-refractivity contribution is 5.94. The fourth-order valence-corrected chi connectivity index (χ4v) is 3.77. The number of likely N-dealkylation sites (tertiary alicyclic amines) is 1. The fourth-order valence-electron chi connectivity index (χ4n) is 3.77. The van der Waals surface area contributed by atoms with Crippen molar-refractivity contribution in [1.29, 1.82) is 0 Å². The smallest absolute Gasteiger partial charge is 0.255 e. The molecule has 0 aliphatic carbocycles. The maximum absolute atomic E-state index is 12.9. The molecule has 1 amide bonds. The van der Waals surface area contributed by atoms with Crippen LogP contribution in [0.1, 0.15) is 22.5 Å². The average Bonchev–Trinajstić information content (AvgIpc) is 3.06. The van der Waals surface area contributed by atoms with Crippen molar-refractivity contribution >= 4 is 5.91 Å². The lowest BCUT2D eigenvalue weighted by molar-refractivity contribution is -0.0916. The number of ether oxygens (including phenoxy) is 1. The van der Waals surface area contributed by atoms with Gasteiger partial charge in [-0.2, -0.15) is 5.10 Å². The normalized spacial score (nSPS) is 24.1. The van der Waals surface area contributed by atoms with Gasteiger partial charge in [0.25, 0.3) is 5.91 Å². The molecular weight excluding hydrogens is 318 g/mol. The van der Waals surface area contributed by atoms with Gasteiger partial charge in [-0.1, -0.05) is 0 Å². The number of amides is 1. The number of fused-ring (bicyclic) bond motifs is 1. The summed E-state index contributed by atoms with van der Waals surface area (Å²) in [5.74, 6) is 0.0498. The molecule has 7 heteroatoms. The van der Waals surface area contributed by atoms with Gasteiger partial charge in [-0.25, -0.2) is 0 Å². The Bertz CT molecular complexity index is 732. The lowest BCUT2D eigenvalue weighted by Gasteiger charge is -2.47. The second kappa shape index (κ2) is 6.93. The zero-order valence-electron chi connectivity index (χ0n) is 14.4. The van der Waals surface area contributed by atoms with Crippen LogP contribution in [0.5, 0.6) is 0 Å². The first-order valence-electron chi connectivity index (χ1n) is 8.74. The van der Waals surface area contributed by atoms with Crippen molar-refractivity contribution < 1.29 is 9.53 Å². The van der Waals surface area contributed by atoms with E-state index >= 15 is 0 Å². The first kappa shape index (κ1) is 16.2. The van der Waals surface area contributed by atoms with E-state index in [0.717, 1.165) is 26.1 Å². The van der Waals surface area contributed by atoms with Crippen LogP contribution in [0.25, 0.3) is 0 Å². The minimum absolute atomic E-state index is 0.0498. The van der Waals surface area contributed by atoms with E-state index in [9.17, 15) is 4.79 Å². The molecule has 2 saturated heterocycles. The molecule has 0 saturated carbocycles. The summed E-state index contributed by atoms with van der Waals surface area (Å²) in [6.45, 7) is 3.88. The Kier molecular flexibility index (Phi) is 4.50. The van der Waals surface area contributed by atoms with Crippen LogP contribution in [-0.4, -0.2) is 68.9 Å². The predicted octanol–water partition coefficient (Wildman–Crippen LogP) is 0.931. The highest BCUT2D eigenvalue weighted by atomic mass is 16.5. The summed E-state index contributed by atoms with van der Waals surface area (Å²) in [7, 11) is 1.96. The minimum Gasteiger partial charge on any atom is -0.374 e. The van der Waals surface area contributed by atoms with Gasteiger partial charge in [-0.15, -0.1) is 0 Å². The number of piperidine rings is 1. The Balaban J connectivity index is 1.50. The lowest BCUT2D eigenvalue weighted by atomic mass is 9.97. The number of rotatable bonds is 3. The summed E-state index contributed by atoms with van der Waals surface area (Å²) in [5.41, 5.74) is 1.83. The number of hydrogen-bond acceptors (Lipinski definition) is 5. The van der Waals surface area contributed by atoms with Crippen LogP contribution in [0, 0.1) is 0 Å². The van der Waals surface area contributed by atoms with Crippen molar-refractivity contribution in [2.75, 3.05) is 26.2 Å². The molecule has 2 aliphatic rings. The number of aryl methyl sites for hydroxylation is 1. The molecule has 0 bridgehead atoms. The first-order valence-corrected chi connectivity index (χ1v) is 8.74. The van der Waals surface area contributed by atoms with E-state index in [-0.39, 0.29) is 18.1 Å². The minimum atomic E-state index is 0.0498. The van der Waals surface area contributed by atoms with E-state index in [1.54, 1.807) is 18.5 Å². The Morgan fingerprint density at radius 3 is 3.00 bits per heavy atom. The van der Waals surface area contributed by atoms with Crippen LogP contribution in [0.3, 0.4) is 0 Å². The Morgan fingerprint density at radius 1 is 1.32 bits per heavy atom. The Morgan fingerprint density at radius 2 is 2.24 bits per heavy atom. The summed E-state index contributed by atoms with van der Waals surface area (Å²) < 4.78 is 7.86. The average molecular weight is 341 g/mol. The molecule has 2 atom stereocenters. The van der Waals surface area contributed by atoms with Gasteiger partial charge in [0.2, 0.25) is 0 Å². The van der Waals surface area contributed by atoms with Crippen molar-refractivity contribution in [3.8, 4) is 0 Å². The number of carbonyl (C=O) groups is 1. The molecular formula is C18H23N5O2. The van der Waals surface area contributed by atoms with E-state index in [0.29, 0.717) is 18.7 Å². The molecule has 0 spiro atoms. The van der Waals surface area contributed by atoms with Gasteiger partial charge in [0.1, 0.15) is 0 Å². The van der Waals surface area contributed by atoms with Crippen LogP contribution in [0.15, 0.2) is 36.8 Å². The van der Waals surface area contributed by atoms with Crippen molar-refractivity contribution in [2.24, 2.45) is 7.05 Å². The maximum Gasteiger partial charge on any atom is 0.255 e. The van der Waals surface area contributed by atoms with Crippen LogP contribution >= 0.6 is 0 Å². The topological polar surface area (TPSA) is 63.5 Å². The SMILES string of the molecule is Cn1nccc1CN1CC[C@@H]2OCCN(C(=O)c3cccnc3)[C@H]2C1. The molecule has 2 fully saturated rings. The van der Waals surface area contributed by atoms with Crippen LogP contribution in [0.2, 0.25) is 0 Å². The summed E-state index contributed by atoms with van der Waals surface area (Å²) in [4.78, 5) is 21.4. The van der Waals surface area contributed by atoms with Crippen LogP contribution in [0.4, 0.5) is 0 Å². The first-order chi connectivity index (χ1) is 12.2. The quantitative estimate of drug-likeness (QED) is 0.831. The second-order valence-corrected chi connectivity index (χ2v) is 6.69. The molecule has 25 heavy (non-hydrogen) atoms. The summed E-state index contributed by atoms with van der Waals surface area (Å²) >= 11 is 0. The monoisotopic (exact) mass is 341 g/mol. The van der Waals surface area contributed by atoms with E-state index in [1.807, 2.05) is 35.0 Å². The van der Waals surface area contributed by atoms with Gasteiger partial charge < -0.3 is 9.64 Å². The number of nitrogens with zero attached hydrogens (tertiary/aromatic N) is 5. The molecule has 2 aromatic heterocycles.